The molecule has 0 unspecified atom stereocenters. The lowest BCUT2D eigenvalue weighted by Gasteiger charge is -2.15. The minimum absolute atomic E-state index is 0.403. The van der Waals surface area contributed by atoms with Crippen molar-refractivity contribution in [1.82, 2.24) is 0 Å². The van der Waals surface area contributed by atoms with Gasteiger partial charge in [0.25, 0.3) is 0 Å². The van der Waals surface area contributed by atoms with E-state index >= 15 is 0 Å². The van der Waals surface area contributed by atoms with E-state index in [-0.39, 0.29) is 0 Å². The van der Waals surface area contributed by atoms with E-state index in [2.05, 4.69) is 20.8 Å². The largest absolute Gasteiger partial charge is 0.465 e. The first-order valence-electron chi connectivity index (χ1n) is 10.5. The number of unbranched alkanes of at least 4 members (excludes halogenated alkanes) is 9. The molecule has 0 aromatic rings. The molecule has 0 fully saturated rings. The summed E-state index contributed by atoms with van der Waals surface area (Å²) in [6, 6.07) is 0. The molecule has 0 aliphatic heterocycles. The molecule has 0 aromatic heterocycles. The van der Waals surface area contributed by atoms with Crippen molar-refractivity contribution in [1.29, 1.82) is 0 Å². The SMILES string of the molecule is CCCCCCCOC(=O)C(CCCC)C(=O)OCCCCCCC. The van der Waals surface area contributed by atoms with Gasteiger partial charge in [0.1, 0.15) is 0 Å². The molecule has 0 saturated heterocycles. The third-order valence-electron chi connectivity index (χ3n) is 4.40. The number of carbonyl (C=O) groups excluding carboxylic acids is 2. The van der Waals surface area contributed by atoms with Crippen molar-refractivity contribution in [2.45, 2.75) is 104 Å². The molecule has 0 radical (unpaired) electrons. The maximum absolute atomic E-state index is 12.2. The second-order valence-electron chi connectivity index (χ2n) is 6.86. The molecular formula is C21H40O4. The first-order chi connectivity index (χ1) is 12.2. The van der Waals surface area contributed by atoms with Crippen LogP contribution in [0.1, 0.15) is 104 Å². The van der Waals surface area contributed by atoms with Crippen LogP contribution in [0.4, 0.5) is 0 Å². The predicted octanol–water partition coefficient (Wildman–Crippen LogP) is 5.82. The van der Waals surface area contributed by atoms with E-state index < -0.39 is 17.9 Å². The molecule has 0 aromatic carbocycles. The molecule has 4 nitrogen and oxygen atoms in total. The second-order valence-corrected chi connectivity index (χ2v) is 6.86. The Kier molecular flexibility index (Phi) is 17.0. The lowest BCUT2D eigenvalue weighted by Crippen LogP contribution is -2.28. The molecule has 25 heavy (non-hydrogen) atoms. The smallest absolute Gasteiger partial charge is 0.320 e. The second kappa shape index (κ2) is 17.8. The van der Waals surface area contributed by atoms with Gasteiger partial charge in [-0.15, -0.1) is 0 Å². The van der Waals surface area contributed by atoms with Crippen LogP contribution in [-0.2, 0) is 19.1 Å². The van der Waals surface area contributed by atoms with Crippen molar-refractivity contribution < 1.29 is 19.1 Å². The fourth-order valence-corrected chi connectivity index (χ4v) is 2.70. The number of rotatable bonds is 17. The Morgan fingerprint density at radius 2 is 1.00 bits per heavy atom. The first kappa shape index (κ1) is 23.9. The molecule has 0 atom stereocenters. The van der Waals surface area contributed by atoms with Gasteiger partial charge in [0.05, 0.1) is 13.2 Å². The van der Waals surface area contributed by atoms with Crippen molar-refractivity contribution in [3.8, 4) is 0 Å². The summed E-state index contributed by atoms with van der Waals surface area (Å²) in [4.78, 5) is 24.5. The van der Waals surface area contributed by atoms with E-state index in [4.69, 9.17) is 9.47 Å². The van der Waals surface area contributed by atoms with Gasteiger partial charge >= 0.3 is 11.9 Å². The number of hydrogen-bond acceptors (Lipinski definition) is 4. The van der Waals surface area contributed by atoms with Gasteiger partial charge in [-0.25, -0.2) is 0 Å². The highest BCUT2D eigenvalue weighted by Gasteiger charge is 2.29. The molecule has 0 N–H and O–H groups in total. The van der Waals surface area contributed by atoms with Crippen molar-refractivity contribution in [2.24, 2.45) is 5.92 Å². The average molecular weight is 357 g/mol. The van der Waals surface area contributed by atoms with E-state index in [1.54, 1.807) is 0 Å². The van der Waals surface area contributed by atoms with E-state index in [9.17, 15) is 9.59 Å². The van der Waals surface area contributed by atoms with Gasteiger partial charge in [-0.3, -0.25) is 9.59 Å². The summed E-state index contributed by atoms with van der Waals surface area (Å²) in [5, 5.41) is 0. The minimum Gasteiger partial charge on any atom is -0.465 e. The lowest BCUT2D eigenvalue weighted by molar-refractivity contribution is -0.162. The summed E-state index contributed by atoms with van der Waals surface area (Å²) in [7, 11) is 0. The van der Waals surface area contributed by atoms with Crippen molar-refractivity contribution in [3.05, 3.63) is 0 Å². The molecule has 148 valence electrons. The highest BCUT2D eigenvalue weighted by Crippen LogP contribution is 2.14. The standard InChI is InChI=1S/C21H40O4/c1-4-7-10-12-14-17-24-20(22)19(16-9-6-3)21(23)25-18-15-13-11-8-5-2/h19H,4-18H2,1-3H3. The summed E-state index contributed by atoms with van der Waals surface area (Å²) in [5.41, 5.74) is 0. The minimum atomic E-state index is -0.744. The predicted molar refractivity (Wildman–Crippen MR) is 102 cm³/mol. The van der Waals surface area contributed by atoms with Crippen LogP contribution in [-0.4, -0.2) is 25.2 Å². The first-order valence-corrected chi connectivity index (χ1v) is 10.5. The molecule has 0 saturated carbocycles. The summed E-state index contributed by atoms with van der Waals surface area (Å²) < 4.78 is 10.6. The summed E-state index contributed by atoms with van der Waals surface area (Å²) in [5.74, 6) is -1.55. The van der Waals surface area contributed by atoms with Gasteiger partial charge in [0.2, 0.25) is 0 Å². The van der Waals surface area contributed by atoms with Gasteiger partial charge in [0.15, 0.2) is 5.92 Å². The van der Waals surface area contributed by atoms with Crippen LogP contribution in [0.25, 0.3) is 0 Å². The van der Waals surface area contributed by atoms with E-state index in [1.165, 1.54) is 38.5 Å². The quantitative estimate of drug-likeness (QED) is 0.187. The Bertz CT molecular complexity index is 300. The highest BCUT2D eigenvalue weighted by atomic mass is 16.6. The zero-order valence-corrected chi connectivity index (χ0v) is 16.8. The van der Waals surface area contributed by atoms with Crippen LogP contribution in [0.2, 0.25) is 0 Å². The zero-order chi connectivity index (χ0) is 18.8. The molecule has 0 heterocycles. The van der Waals surface area contributed by atoms with Crippen LogP contribution < -0.4 is 0 Å². The Balaban J connectivity index is 4.09. The third-order valence-corrected chi connectivity index (χ3v) is 4.40. The molecule has 0 aliphatic rings. The summed E-state index contributed by atoms with van der Waals surface area (Å²) in [6.07, 6.45) is 13.4. The maximum Gasteiger partial charge on any atom is 0.320 e. The maximum atomic E-state index is 12.2. The van der Waals surface area contributed by atoms with Gasteiger partial charge in [-0.05, 0) is 19.3 Å². The van der Waals surface area contributed by atoms with Crippen molar-refractivity contribution in [2.75, 3.05) is 13.2 Å². The Labute approximate surface area is 155 Å². The Morgan fingerprint density at radius 1 is 0.600 bits per heavy atom. The van der Waals surface area contributed by atoms with Gasteiger partial charge in [-0.2, -0.15) is 0 Å². The van der Waals surface area contributed by atoms with E-state index in [0.717, 1.165) is 38.5 Å². The summed E-state index contributed by atoms with van der Waals surface area (Å²) >= 11 is 0. The number of esters is 2. The van der Waals surface area contributed by atoms with Crippen LogP contribution in [0.5, 0.6) is 0 Å². The monoisotopic (exact) mass is 356 g/mol. The molecule has 0 spiro atoms. The highest BCUT2D eigenvalue weighted by molar-refractivity contribution is 5.94. The zero-order valence-electron chi connectivity index (χ0n) is 16.8. The van der Waals surface area contributed by atoms with E-state index in [1.807, 2.05) is 0 Å². The lowest BCUT2D eigenvalue weighted by atomic mass is 10.0. The average Bonchev–Trinajstić information content (AvgIpc) is 2.61. The number of ether oxygens (including phenoxy) is 2. The van der Waals surface area contributed by atoms with Crippen molar-refractivity contribution in [3.63, 3.8) is 0 Å². The van der Waals surface area contributed by atoms with Crippen LogP contribution in [0.3, 0.4) is 0 Å². The molecule has 0 aliphatic carbocycles. The van der Waals surface area contributed by atoms with Gasteiger partial charge in [0, 0.05) is 0 Å². The normalized spacial score (nSPS) is 10.9. The summed E-state index contributed by atoms with van der Waals surface area (Å²) in [6.45, 7) is 7.22. The molecule has 0 amide bonds. The molecular weight excluding hydrogens is 316 g/mol. The van der Waals surface area contributed by atoms with Crippen LogP contribution in [0.15, 0.2) is 0 Å². The van der Waals surface area contributed by atoms with E-state index in [0.29, 0.717) is 19.6 Å². The molecule has 4 heteroatoms. The number of hydrogen-bond donors (Lipinski definition) is 0. The molecule has 0 rings (SSSR count). The Hall–Kier alpha value is -1.06. The van der Waals surface area contributed by atoms with Crippen LogP contribution in [0, 0.1) is 5.92 Å². The van der Waals surface area contributed by atoms with Crippen LogP contribution >= 0.6 is 0 Å². The number of carbonyl (C=O) groups is 2. The van der Waals surface area contributed by atoms with Crippen molar-refractivity contribution >= 4 is 11.9 Å². The molecule has 0 bridgehead atoms. The van der Waals surface area contributed by atoms with Gasteiger partial charge < -0.3 is 9.47 Å². The topological polar surface area (TPSA) is 52.6 Å². The Morgan fingerprint density at radius 3 is 1.40 bits per heavy atom. The fourth-order valence-electron chi connectivity index (χ4n) is 2.70. The third kappa shape index (κ3) is 13.9. The van der Waals surface area contributed by atoms with Gasteiger partial charge in [-0.1, -0.05) is 85.0 Å². The fraction of sp³-hybridized carbons (Fsp3) is 0.905.